The van der Waals surface area contributed by atoms with E-state index in [1.807, 2.05) is 31.2 Å². The molecule has 158 valence electrons. The van der Waals surface area contributed by atoms with Crippen LogP contribution in [0.25, 0.3) is 22.2 Å². The maximum atomic E-state index is 14.0. The Morgan fingerprint density at radius 1 is 1.03 bits per heavy atom. The summed E-state index contributed by atoms with van der Waals surface area (Å²) < 4.78 is 24.8. The lowest BCUT2D eigenvalue weighted by Gasteiger charge is -2.27. The SMILES string of the molecule is Cc1ccc(-c2c3c(=O)n(C)c(=O)n(C)c3c3n2CCO[C@@H]3c2cccc(F)c2)cc1. The van der Waals surface area contributed by atoms with E-state index in [1.54, 1.807) is 19.2 Å². The van der Waals surface area contributed by atoms with Gasteiger partial charge in [-0.05, 0) is 30.2 Å². The fourth-order valence-electron chi connectivity index (χ4n) is 4.51. The molecular weight excluding hydrogens is 397 g/mol. The zero-order chi connectivity index (χ0) is 21.9. The molecule has 0 spiro atoms. The molecule has 0 saturated heterocycles. The van der Waals surface area contributed by atoms with Crippen molar-refractivity contribution < 1.29 is 9.13 Å². The zero-order valence-electron chi connectivity index (χ0n) is 17.6. The van der Waals surface area contributed by atoms with Crippen molar-refractivity contribution in [2.75, 3.05) is 6.61 Å². The fourth-order valence-corrected chi connectivity index (χ4v) is 4.51. The van der Waals surface area contributed by atoms with Crippen LogP contribution in [0, 0.1) is 12.7 Å². The minimum Gasteiger partial charge on any atom is -0.365 e. The fraction of sp³-hybridized carbons (Fsp3) is 0.250. The second kappa shape index (κ2) is 7.06. The van der Waals surface area contributed by atoms with Gasteiger partial charge in [0.25, 0.3) is 5.56 Å². The molecule has 0 bridgehead atoms. The van der Waals surface area contributed by atoms with Crippen LogP contribution in [0.1, 0.15) is 22.9 Å². The number of nitrogens with zero attached hydrogens (tertiary/aromatic N) is 3. The standard InChI is InChI=1S/C24H22FN3O3/c1-14-7-9-15(10-8-14)19-18-20(26(2)24(30)27(3)23(18)29)21-22(31-12-11-28(19)21)16-5-4-6-17(25)13-16/h4-10,13,22H,11-12H2,1-3H3/t22-/m1/s1. The van der Waals surface area contributed by atoms with Crippen molar-refractivity contribution in [2.45, 2.75) is 19.6 Å². The van der Waals surface area contributed by atoms with E-state index in [9.17, 15) is 14.0 Å². The molecule has 1 aliphatic heterocycles. The largest absolute Gasteiger partial charge is 0.365 e. The van der Waals surface area contributed by atoms with Crippen molar-refractivity contribution in [1.82, 2.24) is 13.7 Å². The molecule has 0 unspecified atom stereocenters. The van der Waals surface area contributed by atoms with E-state index in [2.05, 4.69) is 4.57 Å². The molecule has 2 aromatic carbocycles. The summed E-state index contributed by atoms with van der Waals surface area (Å²) >= 11 is 0. The van der Waals surface area contributed by atoms with Crippen molar-refractivity contribution in [1.29, 1.82) is 0 Å². The van der Waals surface area contributed by atoms with E-state index < -0.39 is 11.8 Å². The number of aryl methyl sites for hydroxylation is 2. The smallest absolute Gasteiger partial charge is 0.331 e. The molecule has 0 radical (unpaired) electrons. The van der Waals surface area contributed by atoms with E-state index in [-0.39, 0.29) is 11.4 Å². The van der Waals surface area contributed by atoms with Gasteiger partial charge in [-0.15, -0.1) is 0 Å². The first-order valence-corrected chi connectivity index (χ1v) is 10.1. The number of ether oxygens (including phenoxy) is 1. The molecule has 6 nitrogen and oxygen atoms in total. The lowest BCUT2D eigenvalue weighted by molar-refractivity contribution is 0.0477. The minimum atomic E-state index is -0.594. The topological polar surface area (TPSA) is 58.2 Å². The van der Waals surface area contributed by atoms with Crippen molar-refractivity contribution >= 4 is 10.9 Å². The van der Waals surface area contributed by atoms with Gasteiger partial charge in [0.15, 0.2) is 0 Å². The number of hydrogen-bond donors (Lipinski definition) is 0. The summed E-state index contributed by atoms with van der Waals surface area (Å²) in [6.45, 7) is 2.94. The van der Waals surface area contributed by atoms with Crippen LogP contribution < -0.4 is 11.2 Å². The Labute approximate surface area is 177 Å². The molecule has 0 N–H and O–H groups in total. The van der Waals surface area contributed by atoms with Crippen LogP contribution in [0.5, 0.6) is 0 Å². The molecular formula is C24H22FN3O3. The lowest BCUT2D eigenvalue weighted by Crippen LogP contribution is -2.37. The predicted octanol–water partition coefficient (Wildman–Crippen LogP) is 3.27. The van der Waals surface area contributed by atoms with Crippen molar-refractivity contribution in [3.8, 4) is 11.3 Å². The maximum absolute atomic E-state index is 14.0. The highest BCUT2D eigenvalue weighted by Gasteiger charge is 2.33. The average molecular weight is 419 g/mol. The number of fused-ring (bicyclic) bond motifs is 3. The van der Waals surface area contributed by atoms with Crippen molar-refractivity contribution in [3.05, 3.63) is 92.0 Å². The van der Waals surface area contributed by atoms with Crippen molar-refractivity contribution in [2.24, 2.45) is 14.1 Å². The highest BCUT2D eigenvalue weighted by Crippen LogP contribution is 2.40. The second-order valence-corrected chi connectivity index (χ2v) is 7.99. The summed E-state index contributed by atoms with van der Waals surface area (Å²) in [5.74, 6) is -0.363. The van der Waals surface area contributed by atoms with Crippen LogP contribution in [-0.2, 0) is 25.4 Å². The Hall–Kier alpha value is -3.45. The van der Waals surface area contributed by atoms with Gasteiger partial charge in [-0.2, -0.15) is 0 Å². The van der Waals surface area contributed by atoms with Gasteiger partial charge in [-0.3, -0.25) is 13.9 Å². The molecule has 0 saturated carbocycles. The third kappa shape index (κ3) is 2.88. The summed E-state index contributed by atoms with van der Waals surface area (Å²) in [4.78, 5) is 26.1. The van der Waals surface area contributed by atoms with Gasteiger partial charge in [0, 0.05) is 20.6 Å². The van der Waals surface area contributed by atoms with Gasteiger partial charge in [0.2, 0.25) is 0 Å². The van der Waals surface area contributed by atoms with Crippen LogP contribution in [0.2, 0.25) is 0 Å². The molecule has 4 aromatic rings. The van der Waals surface area contributed by atoms with Crippen LogP contribution in [-0.4, -0.2) is 20.3 Å². The Morgan fingerprint density at radius 2 is 1.77 bits per heavy atom. The lowest BCUT2D eigenvalue weighted by atomic mass is 10.0. The molecule has 2 aromatic heterocycles. The zero-order valence-corrected chi connectivity index (χ0v) is 17.6. The van der Waals surface area contributed by atoms with E-state index >= 15 is 0 Å². The van der Waals surface area contributed by atoms with E-state index in [4.69, 9.17) is 4.74 Å². The van der Waals surface area contributed by atoms with Gasteiger partial charge in [0.05, 0.1) is 28.9 Å². The van der Waals surface area contributed by atoms with Gasteiger partial charge in [-0.1, -0.05) is 42.0 Å². The normalized spacial score (nSPS) is 15.9. The third-order valence-corrected chi connectivity index (χ3v) is 6.03. The van der Waals surface area contributed by atoms with Gasteiger partial charge in [0.1, 0.15) is 11.9 Å². The van der Waals surface area contributed by atoms with Crippen LogP contribution in [0.15, 0.2) is 58.1 Å². The first-order chi connectivity index (χ1) is 14.9. The maximum Gasteiger partial charge on any atom is 0.331 e. The third-order valence-electron chi connectivity index (χ3n) is 6.03. The Balaban J connectivity index is 1.94. The Morgan fingerprint density at radius 3 is 2.48 bits per heavy atom. The summed E-state index contributed by atoms with van der Waals surface area (Å²) in [6.07, 6.45) is -0.594. The van der Waals surface area contributed by atoms with Crippen LogP contribution >= 0.6 is 0 Å². The predicted molar refractivity (Wildman–Crippen MR) is 117 cm³/mol. The average Bonchev–Trinajstić information content (AvgIpc) is 3.12. The molecule has 5 rings (SSSR count). The molecule has 0 aliphatic carbocycles. The number of hydrogen-bond acceptors (Lipinski definition) is 3. The molecule has 1 atom stereocenters. The molecule has 31 heavy (non-hydrogen) atoms. The monoisotopic (exact) mass is 419 g/mol. The molecule has 1 aliphatic rings. The van der Waals surface area contributed by atoms with Crippen LogP contribution in [0.4, 0.5) is 4.39 Å². The van der Waals surface area contributed by atoms with Crippen molar-refractivity contribution in [3.63, 3.8) is 0 Å². The number of benzene rings is 2. The summed E-state index contributed by atoms with van der Waals surface area (Å²) in [5.41, 5.74) is 3.85. The number of halogens is 1. The molecule has 0 amide bonds. The molecule has 0 fully saturated rings. The van der Waals surface area contributed by atoms with Crippen LogP contribution in [0.3, 0.4) is 0 Å². The second-order valence-electron chi connectivity index (χ2n) is 7.99. The molecule has 3 heterocycles. The van der Waals surface area contributed by atoms with E-state index in [1.165, 1.54) is 23.7 Å². The first-order valence-electron chi connectivity index (χ1n) is 10.1. The highest BCUT2D eigenvalue weighted by atomic mass is 19.1. The first kappa shape index (κ1) is 19.5. The summed E-state index contributed by atoms with van der Waals surface area (Å²) in [7, 11) is 3.14. The quantitative estimate of drug-likeness (QED) is 0.501. The summed E-state index contributed by atoms with van der Waals surface area (Å²) in [6, 6.07) is 14.2. The number of rotatable bonds is 2. The van der Waals surface area contributed by atoms with Gasteiger partial charge >= 0.3 is 5.69 Å². The Bertz CT molecular complexity index is 1440. The number of aromatic nitrogens is 3. The molecule has 7 heteroatoms. The van der Waals surface area contributed by atoms with Gasteiger partial charge < -0.3 is 9.30 Å². The Kier molecular flexibility index (Phi) is 4.44. The van der Waals surface area contributed by atoms with E-state index in [0.29, 0.717) is 35.3 Å². The van der Waals surface area contributed by atoms with Gasteiger partial charge in [-0.25, -0.2) is 9.18 Å². The van der Waals surface area contributed by atoms with E-state index in [0.717, 1.165) is 21.4 Å². The highest BCUT2D eigenvalue weighted by molar-refractivity contribution is 5.96. The summed E-state index contributed by atoms with van der Waals surface area (Å²) in [5, 5.41) is 0.468. The minimum absolute atomic E-state index is 0.353.